The molecule has 2 unspecified atom stereocenters. The molecule has 1 heterocycles. The lowest BCUT2D eigenvalue weighted by atomic mass is 9.49. The van der Waals surface area contributed by atoms with Gasteiger partial charge in [-0.25, -0.2) is 9.59 Å². The standard InChI is InChI=1S/C16H28N2.C2H2O4/c1-16(2)14-6-5-13(15(16)11-14)12-18-8-4-7-17(3)9-10-18;3-1(4)2(5)6/h5,14-15H,4,6-12H2,1-3H3;(H,3,4)(H,5,6). The van der Waals surface area contributed by atoms with Crippen molar-refractivity contribution < 1.29 is 19.8 Å². The molecular weight excluding hydrogens is 308 g/mol. The highest BCUT2D eigenvalue weighted by molar-refractivity contribution is 6.27. The third-order valence-electron chi connectivity index (χ3n) is 5.98. The van der Waals surface area contributed by atoms with E-state index in [0.29, 0.717) is 5.41 Å². The fourth-order valence-electron chi connectivity index (χ4n) is 4.17. The van der Waals surface area contributed by atoms with E-state index in [1.807, 2.05) is 0 Å². The number of allylic oxidation sites excluding steroid dienone is 1. The third-order valence-corrected chi connectivity index (χ3v) is 5.98. The quantitative estimate of drug-likeness (QED) is 0.590. The smallest absolute Gasteiger partial charge is 0.414 e. The number of carboxylic acids is 2. The molecule has 6 heteroatoms. The van der Waals surface area contributed by atoms with Crippen LogP contribution in [0.25, 0.3) is 0 Å². The minimum Gasteiger partial charge on any atom is -0.473 e. The maximum Gasteiger partial charge on any atom is 0.414 e. The average molecular weight is 338 g/mol. The van der Waals surface area contributed by atoms with Crippen molar-refractivity contribution in [2.45, 2.75) is 33.1 Å². The second-order valence-electron chi connectivity index (χ2n) is 7.86. The van der Waals surface area contributed by atoms with Crippen molar-refractivity contribution in [3.05, 3.63) is 11.6 Å². The molecule has 0 aromatic rings. The Morgan fingerprint density at radius 2 is 1.83 bits per heavy atom. The highest BCUT2D eigenvalue weighted by Gasteiger charge is 2.51. The Kier molecular flexibility index (Phi) is 6.04. The Balaban J connectivity index is 0.000000301. The van der Waals surface area contributed by atoms with Gasteiger partial charge in [0, 0.05) is 19.6 Å². The van der Waals surface area contributed by atoms with Crippen molar-refractivity contribution in [1.29, 1.82) is 0 Å². The predicted molar refractivity (Wildman–Crippen MR) is 91.9 cm³/mol. The van der Waals surface area contributed by atoms with Crippen LogP contribution < -0.4 is 0 Å². The Labute approximate surface area is 144 Å². The van der Waals surface area contributed by atoms with Gasteiger partial charge in [-0.1, -0.05) is 25.5 Å². The summed E-state index contributed by atoms with van der Waals surface area (Å²) < 4.78 is 0. The van der Waals surface area contributed by atoms with Crippen LogP contribution in [0, 0.1) is 17.3 Å². The van der Waals surface area contributed by atoms with Gasteiger partial charge in [-0.15, -0.1) is 0 Å². The van der Waals surface area contributed by atoms with Crippen molar-refractivity contribution >= 4 is 11.9 Å². The molecule has 2 atom stereocenters. The molecule has 2 bridgehead atoms. The second-order valence-corrected chi connectivity index (χ2v) is 7.86. The minimum absolute atomic E-state index is 0.590. The van der Waals surface area contributed by atoms with Crippen LogP contribution in [0.5, 0.6) is 0 Å². The van der Waals surface area contributed by atoms with E-state index in [1.165, 1.54) is 52.0 Å². The van der Waals surface area contributed by atoms with Crippen molar-refractivity contribution in [3.8, 4) is 0 Å². The summed E-state index contributed by atoms with van der Waals surface area (Å²) in [7, 11) is 2.25. The van der Waals surface area contributed by atoms with Gasteiger partial charge in [0.25, 0.3) is 0 Å². The molecular formula is C18H30N2O4. The van der Waals surface area contributed by atoms with E-state index in [1.54, 1.807) is 5.57 Å². The fourth-order valence-corrected chi connectivity index (χ4v) is 4.17. The lowest BCUT2D eigenvalue weighted by Gasteiger charge is -2.57. The first kappa shape index (κ1) is 18.9. The van der Waals surface area contributed by atoms with Gasteiger partial charge < -0.3 is 15.1 Å². The molecule has 136 valence electrons. The number of carbonyl (C=O) groups is 2. The largest absolute Gasteiger partial charge is 0.473 e. The van der Waals surface area contributed by atoms with Crippen LogP contribution in [0.15, 0.2) is 11.6 Å². The van der Waals surface area contributed by atoms with Crippen LogP contribution >= 0.6 is 0 Å². The van der Waals surface area contributed by atoms with Gasteiger partial charge in [0.1, 0.15) is 0 Å². The van der Waals surface area contributed by atoms with Crippen LogP contribution in [0.1, 0.15) is 33.1 Å². The zero-order valence-electron chi connectivity index (χ0n) is 15.0. The van der Waals surface area contributed by atoms with E-state index in [-0.39, 0.29) is 0 Å². The summed E-state index contributed by atoms with van der Waals surface area (Å²) in [5.41, 5.74) is 2.35. The third kappa shape index (κ3) is 4.36. The zero-order chi connectivity index (χ0) is 17.9. The zero-order valence-corrected chi connectivity index (χ0v) is 15.0. The number of rotatable bonds is 2. The van der Waals surface area contributed by atoms with Crippen LogP contribution in [-0.4, -0.2) is 71.7 Å². The predicted octanol–water partition coefficient (Wildman–Crippen LogP) is 1.77. The molecule has 6 nitrogen and oxygen atoms in total. The van der Waals surface area contributed by atoms with Gasteiger partial charge in [0.2, 0.25) is 0 Å². The molecule has 4 rings (SSSR count). The maximum atomic E-state index is 9.10. The summed E-state index contributed by atoms with van der Waals surface area (Å²) in [6.07, 6.45) is 6.71. The first-order chi connectivity index (χ1) is 11.2. The molecule has 1 aliphatic heterocycles. The molecule has 3 aliphatic carbocycles. The summed E-state index contributed by atoms with van der Waals surface area (Å²) in [6, 6.07) is 0. The summed E-state index contributed by atoms with van der Waals surface area (Å²) in [5, 5.41) is 14.8. The second kappa shape index (κ2) is 7.66. The van der Waals surface area contributed by atoms with E-state index in [9.17, 15) is 0 Å². The van der Waals surface area contributed by atoms with Gasteiger partial charge in [-0.05, 0) is 56.7 Å². The number of fused-ring (bicyclic) bond motifs is 1. The lowest BCUT2D eigenvalue weighted by molar-refractivity contribution is -0.159. The molecule has 0 amide bonds. The summed E-state index contributed by atoms with van der Waals surface area (Å²) >= 11 is 0. The fraction of sp³-hybridized carbons (Fsp3) is 0.778. The molecule has 24 heavy (non-hydrogen) atoms. The van der Waals surface area contributed by atoms with E-state index >= 15 is 0 Å². The number of aliphatic carboxylic acids is 2. The summed E-state index contributed by atoms with van der Waals surface area (Å²) in [6.45, 7) is 11.3. The van der Waals surface area contributed by atoms with Crippen LogP contribution in [0.2, 0.25) is 0 Å². The number of hydrogen-bond donors (Lipinski definition) is 2. The van der Waals surface area contributed by atoms with E-state index in [2.05, 4.69) is 36.8 Å². The Morgan fingerprint density at radius 1 is 1.17 bits per heavy atom. The molecule has 1 saturated heterocycles. The van der Waals surface area contributed by atoms with Gasteiger partial charge in [-0.3, -0.25) is 4.90 Å². The van der Waals surface area contributed by atoms with Crippen LogP contribution in [-0.2, 0) is 9.59 Å². The van der Waals surface area contributed by atoms with Crippen molar-refractivity contribution in [1.82, 2.24) is 9.80 Å². The Hall–Kier alpha value is -1.40. The molecule has 0 aromatic carbocycles. The molecule has 0 radical (unpaired) electrons. The van der Waals surface area contributed by atoms with Crippen LogP contribution in [0.4, 0.5) is 0 Å². The van der Waals surface area contributed by atoms with Gasteiger partial charge in [0.15, 0.2) is 0 Å². The van der Waals surface area contributed by atoms with Crippen LogP contribution in [0.3, 0.4) is 0 Å². The Morgan fingerprint density at radius 3 is 2.38 bits per heavy atom. The summed E-state index contributed by atoms with van der Waals surface area (Å²) in [5.74, 6) is -1.79. The maximum absolute atomic E-state index is 9.10. The lowest BCUT2D eigenvalue weighted by Crippen LogP contribution is -2.50. The van der Waals surface area contributed by atoms with E-state index in [4.69, 9.17) is 19.8 Å². The molecule has 1 saturated carbocycles. The normalized spacial score (nSPS) is 29.4. The number of likely N-dealkylation sites (N-methyl/N-ethyl adjacent to an activating group) is 1. The first-order valence-electron chi connectivity index (χ1n) is 8.78. The number of hydrogen-bond acceptors (Lipinski definition) is 4. The highest BCUT2D eigenvalue weighted by Crippen LogP contribution is 2.59. The van der Waals surface area contributed by atoms with Gasteiger partial charge in [-0.2, -0.15) is 0 Å². The van der Waals surface area contributed by atoms with Gasteiger partial charge >= 0.3 is 11.9 Å². The number of carboxylic acid groups (broad SMARTS) is 2. The molecule has 0 spiro atoms. The molecule has 2 fully saturated rings. The highest BCUT2D eigenvalue weighted by atomic mass is 16.4. The molecule has 4 aliphatic rings. The SMILES string of the molecule is CN1CCCN(CC2=CCC3CC2C3(C)C)CC1.O=C(O)C(=O)O. The van der Waals surface area contributed by atoms with E-state index < -0.39 is 11.9 Å². The minimum atomic E-state index is -1.82. The first-order valence-corrected chi connectivity index (χ1v) is 8.78. The molecule has 2 N–H and O–H groups in total. The van der Waals surface area contributed by atoms with E-state index in [0.717, 1.165) is 11.8 Å². The topological polar surface area (TPSA) is 81.1 Å². The summed E-state index contributed by atoms with van der Waals surface area (Å²) in [4.78, 5) is 23.4. The van der Waals surface area contributed by atoms with Gasteiger partial charge in [0.05, 0.1) is 0 Å². The van der Waals surface area contributed by atoms with Crippen molar-refractivity contribution in [3.63, 3.8) is 0 Å². The molecule has 0 aromatic heterocycles. The van der Waals surface area contributed by atoms with Crippen molar-refractivity contribution in [2.75, 3.05) is 39.8 Å². The monoisotopic (exact) mass is 338 g/mol. The number of nitrogens with zero attached hydrogens (tertiary/aromatic N) is 2. The average Bonchev–Trinajstić information content (AvgIpc) is 2.72. The Bertz CT molecular complexity index is 503. The van der Waals surface area contributed by atoms with Crippen molar-refractivity contribution in [2.24, 2.45) is 17.3 Å².